The molecular weight excluding hydrogens is 482 g/mol. The number of hydrogen-bond acceptors (Lipinski definition) is 8. The largest absolute Gasteiger partial charge is 0.497 e. The fourth-order valence-corrected chi connectivity index (χ4v) is 5.11. The number of hydrogen-bond donors (Lipinski definition) is 0. The Hall–Kier alpha value is -4.53. The Labute approximate surface area is 219 Å². The van der Waals surface area contributed by atoms with E-state index < -0.39 is 0 Å². The van der Waals surface area contributed by atoms with Gasteiger partial charge in [-0.25, -0.2) is 14.5 Å². The molecule has 9 nitrogen and oxygen atoms in total. The molecule has 0 fully saturated rings. The predicted octanol–water partition coefficient (Wildman–Crippen LogP) is 4.85. The number of Topliss-reactive ketones (excluding diaryl/α,β-unsaturated/α-hetero) is 1. The van der Waals surface area contributed by atoms with E-state index in [0.29, 0.717) is 41.5 Å². The fraction of sp³-hybridized carbons (Fsp3) is 0.276. The van der Waals surface area contributed by atoms with E-state index in [4.69, 9.17) is 19.3 Å². The van der Waals surface area contributed by atoms with Crippen molar-refractivity contribution in [2.24, 2.45) is 10.6 Å². The summed E-state index contributed by atoms with van der Waals surface area (Å²) in [6.07, 6.45) is 4.32. The molecule has 2 aromatic heterocycles. The number of benzene rings is 2. The van der Waals surface area contributed by atoms with Crippen molar-refractivity contribution in [3.05, 3.63) is 94.8 Å². The van der Waals surface area contributed by atoms with Crippen LogP contribution in [0.3, 0.4) is 0 Å². The third-order valence-corrected chi connectivity index (χ3v) is 6.83. The van der Waals surface area contributed by atoms with E-state index in [1.807, 2.05) is 54.6 Å². The number of oxime groups is 1. The lowest BCUT2D eigenvalue weighted by atomic mass is 9.70. The quantitative estimate of drug-likeness (QED) is 0.271. The summed E-state index contributed by atoms with van der Waals surface area (Å²) in [5.74, 6) is 2.10. The Morgan fingerprint density at radius 2 is 1.92 bits per heavy atom. The van der Waals surface area contributed by atoms with Crippen LogP contribution in [0.5, 0.6) is 11.6 Å². The molecule has 192 valence electrons. The van der Waals surface area contributed by atoms with Gasteiger partial charge in [0.2, 0.25) is 5.88 Å². The smallest absolute Gasteiger partial charge is 0.228 e. The van der Waals surface area contributed by atoms with Crippen LogP contribution in [0.15, 0.2) is 77.4 Å². The molecular formula is C29H27N5O4. The van der Waals surface area contributed by atoms with Crippen LogP contribution in [-0.4, -0.2) is 38.7 Å². The molecule has 0 saturated carbocycles. The highest BCUT2D eigenvalue weighted by Crippen LogP contribution is 2.50. The van der Waals surface area contributed by atoms with Crippen molar-refractivity contribution in [2.45, 2.75) is 39.2 Å². The SMILES string of the molecule is COc1ccc(/C=N\OCc2nc3c4c(ncn3n2)OC2=C(C(=O)CC(C)(C)C2)[C@H]4c2ccccc2)cc1. The van der Waals surface area contributed by atoms with E-state index in [-0.39, 0.29) is 23.7 Å². The van der Waals surface area contributed by atoms with E-state index in [1.54, 1.807) is 24.2 Å². The first-order valence-corrected chi connectivity index (χ1v) is 12.4. The number of ketones is 1. The number of nitrogens with zero attached hydrogens (tertiary/aromatic N) is 5. The molecule has 3 heterocycles. The van der Waals surface area contributed by atoms with Crippen LogP contribution in [0.1, 0.15) is 55.1 Å². The molecule has 4 aromatic rings. The second-order valence-corrected chi connectivity index (χ2v) is 10.3. The first-order valence-electron chi connectivity index (χ1n) is 12.4. The number of ether oxygens (including phenoxy) is 2. The van der Waals surface area contributed by atoms with Crippen LogP contribution in [0, 0.1) is 5.41 Å². The van der Waals surface area contributed by atoms with E-state index in [0.717, 1.165) is 22.4 Å². The molecule has 0 N–H and O–H groups in total. The highest BCUT2D eigenvalue weighted by atomic mass is 16.6. The van der Waals surface area contributed by atoms with Crippen molar-refractivity contribution < 1.29 is 19.1 Å². The summed E-state index contributed by atoms with van der Waals surface area (Å²) in [5.41, 5.74) is 3.67. The minimum atomic E-state index is -0.346. The molecule has 0 amide bonds. The normalized spacial score (nSPS) is 18.3. The number of rotatable bonds is 6. The average molecular weight is 510 g/mol. The predicted molar refractivity (Wildman–Crippen MR) is 140 cm³/mol. The Kier molecular flexibility index (Phi) is 5.90. The minimum absolute atomic E-state index is 0.0705. The maximum atomic E-state index is 13.5. The third-order valence-electron chi connectivity index (χ3n) is 6.83. The molecule has 1 aliphatic heterocycles. The number of methoxy groups -OCH3 is 1. The Balaban J connectivity index is 1.33. The molecule has 38 heavy (non-hydrogen) atoms. The van der Waals surface area contributed by atoms with Gasteiger partial charge in [-0.05, 0) is 40.8 Å². The molecule has 2 aromatic carbocycles. The first-order chi connectivity index (χ1) is 18.4. The van der Waals surface area contributed by atoms with Crippen LogP contribution < -0.4 is 9.47 Å². The number of carbonyl (C=O) groups excluding carboxylic acids is 1. The second-order valence-electron chi connectivity index (χ2n) is 10.3. The van der Waals surface area contributed by atoms with E-state index >= 15 is 0 Å². The Morgan fingerprint density at radius 1 is 1.13 bits per heavy atom. The summed E-state index contributed by atoms with van der Waals surface area (Å²) < 4.78 is 13.1. The van der Waals surface area contributed by atoms with E-state index in [1.165, 1.54) is 0 Å². The molecule has 0 unspecified atom stereocenters. The second kappa shape index (κ2) is 9.41. The van der Waals surface area contributed by atoms with Gasteiger partial charge >= 0.3 is 0 Å². The van der Waals surface area contributed by atoms with E-state index in [9.17, 15) is 4.79 Å². The van der Waals surface area contributed by atoms with Gasteiger partial charge in [0.05, 0.1) is 18.9 Å². The third kappa shape index (κ3) is 4.40. The van der Waals surface area contributed by atoms with Gasteiger partial charge in [0, 0.05) is 24.3 Å². The lowest BCUT2D eigenvalue weighted by molar-refractivity contribution is -0.118. The number of allylic oxidation sites excluding steroid dienone is 2. The van der Waals surface area contributed by atoms with Crippen molar-refractivity contribution in [3.8, 4) is 11.6 Å². The van der Waals surface area contributed by atoms with Crippen molar-refractivity contribution in [2.75, 3.05) is 7.11 Å². The minimum Gasteiger partial charge on any atom is -0.497 e. The van der Waals surface area contributed by atoms with Crippen molar-refractivity contribution >= 4 is 17.6 Å². The molecule has 0 saturated heterocycles. The van der Waals surface area contributed by atoms with E-state index in [2.05, 4.69) is 29.1 Å². The molecule has 6 rings (SSSR count). The molecule has 0 bridgehead atoms. The highest BCUT2D eigenvalue weighted by Gasteiger charge is 2.43. The molecule has 0 radical (unpaired) electrons. The zero-order valence-electron chi connectivity index (χ0n) is 21.4. The van der Waals surface area contributed by atoms with Gasteiger partial charge in [-0.1, -0.05) is 49.3 Å². The maximum Gasteiger partial charge on any atom is 0.228 e. The van der Waals surface area contributed by atoms with Crippen LogP contribution in [0.25, 0.3) is 5.65 Å². The van der Waals surface area contributed by atoms with Gasteiger partial charge in [-0.3, -0.25) is 4.79 Å². The van der Waals surface area contributed by atoms with Crippen LogP contribution in [0.2, 0.25) is 0 Å². The average Bonchev–Trinajstić information content (AvgIpc) is 3.33. The fourth-order valence-electron chi connectivity index (χ4n) is 5.11. The summed E-state index contributed by atoms with van der Waals surface area (Å²) in [7, 11) is 1.62. The summed E-state index contributed by atoms with van der Waals surface area (Å²) in [6.45, 7) is 4.24. The van der Waals surface area contributed by atoms with Crippen molar-refractivity contribution in [1.29, 1.82) is 0 Å². The van der Waals surface area contributed by atoms with Crippen molar-refractivity contribution in [3.63, 3.8) is 0 Å². The topological polar surface area (TPSA) is 100 Å². The molecule has 9 heteroatoms. The van der Waals surface area contributed by atoms with Crippen LogP contribution in [0.4, 0.5) is 0 Å². The lowest BCUT2D eigenvalue weighted by Gasteiger charge is -2.37. The summed E-state index contributed by atoms with van der Waals surface area (Å²) in [5, 5.41) is 8.58. The van der Waals surface area contributed by atoms with Crippen LogP contribution in [-0.2, 0) is 16.2 Å². The maximum absolute atomic E-state index is 13.5. The Morgan fingerprint density at radius 3 is 2.68 bits per heavy atom. The summed E-state index contributed by atoms with van der Waals surface area (Å²) in [6, 6.07) is 17.4. The van der Waals surface area contributed by atoms with Gasteiger partial charge in [-0.2, -0.15) is 0 Å². The zero-order valence-corrected chi connectivity index (χ0v) is 21.4. The van der Waals surface area contributed by atoms with Gasteiger partial charge in [0.15, 0.2) is 23.9 Å². The van der Waals surface area contributed by atoms with Crippen LogP contribution >= 0.6 is 0 Å². The zero-order chi connectivity index (χ0) is 26.3. The summed E-state index contributed by atoms with van der Waals surface area (Å²) >= 11 is 0. The van der Waals surface area contributed by atoms with Gasteiger partial charge < -0.3 is 14.3 Å². The first kappa shape index (κ1) is 23.8. The van der Waals surface area contributed by atoms with Gasteiger partial charge in [0.1, 0.15) is 17.8 Å². The monoisotopic (exact) mass is 509 g/mol. The highest BCUT2D eigenvalue weighted by molar-refractivity contribution is 6.00. The Bertz CT molecular complexity index is 1570. The summed E-state index contributed by atoms with van der Waals surface area (Å²) in [4.78, 5) is 28.2. The molecule has 0 spiro atoms. The standard InChI is InChI=1S/C29H27N5O4/c1-29(2)13-21(35)25-22(14-29)38-28-26(24(25)19-7-5-4-6-8-19)27-32-23(33-34(27)17-30-28)16-37-31-15-18-9-11-20(36-3)12-10-18/h4-12,15,17,24H,13-14,16H2,1-3H3/b31-15-/t24-/m1/s1. The molecule has 1 atom stereocenters. The molecule has 1 aliphatic carbocycles. The number of carbonyl (C=O) groups is 1. The lowest BCUT2D eigenvalue weighted by Crippen LogP contribution is -2.33. The number of aromatic nitrogens is 4. The molecule has 2 aliphatic rings. The number of fused-ring (bicyclic) bond motifs is 3. The van der Waals surface area contributed by atoms with Crippen molar-refractivity contribution in [1.82, 2.24) is 19.6 Å². The van der Waals surface area contributed by atoms with Gasteiger partial charge in [0.25, 0.3) is 0 Å². The van der Waals surface area contributed by atoms with Gasteiger partial charge in [-0.15, -0.1) is 5.10 Å².